The molecule has 0 N–H and O–H groups in total. The summed E-state index contributed by atoms with van der Waals surface area (Å²) in [5.41, 5.74) is 1.96. The highest BCUT2D eigenvalue weighted by atomic mass is 17.0. The van der Waals surface area contributed by atoms with Crippen LogP contribution in [-0.4, -0.2) is 30.6 Å². The summed E-state index contributed by atoms with van der Waals surface area (Å²) in [5.74, 6) is -1.53. The molecule has 0 aliphatic heterocycles. The molecule has 2 aromatic carbocycles. The first-order valence-electron chi connectivity index (χ1n) is 8.30. The molecule has 0 bridgehead atoms. The molecule has 0 aromatic heterocycles. The van der Waals surface area contributed by atoms with Crippen LogP contribution in [0.4, 0.5) is 5.69 Å². The van der Waals surface area contributed by atoms with Gasteiger partial charge in [-0.05, 0) is 29.7 Å². The molecule has 0 spiro atoms. The normalized spacial score (nSPS) is 10.3. The summed E-state index contributed by atoms with van der Waals surface area (Å²) in [6.45, 7) is 1.98. The lowest BCUT2D eigenvalue weighted by atomic mass is 10.1. The second-order valence-corrected chi connectivity index (χ2v) is 5.74. The molecule has 8 heteroatoms. The molecule has 0 atom stereocenters. The van der Waals surface area contributed by atoms with Crippen molar-refractivity contribution in [2.24, 2.45) is 0 Å². The summed E-state index contributed by atoms with van der Waals surface area (Å²) in [5, 5.41) is 9.28. The third kappa shape index (κ3) is 5.61. The molecule has 0 unspecified atom stereocenters. The highest BCUT2D eigenvalue weighted by molar-refractivity contribution is 6.02. The third-order valence-electron chi connectivity index (χ3n) is 3.92. The van der Waals surface area contributed by atoms with Crippen LogP contribution in [0.5, 0.6) is 0 Å². The fourth-order valence-corrected chi connectivity index (χ4v) is 2.43. The molecule has 0 fully saturated rings. The van der Waals surface area contributed by atoms with E-state index in [1.807, 2.05) is 37.3 Å². The number of carbonyl (C=O) groups excluding carboxylic acids is 2. The Balaban J connectivity index is 2.12. The van der Waals surface area contributed by atoms with E-state index in [1.165, 1.54) is 18.0 Å². The monoisotopic (exact) mass is 372 g/mol. The summed E-state index contributed by atoms with van der Waals surface area (Å²) in [6.07, 6.45) is 0.671. The largest absolute Gasteiger partial charge is 0.367 e. The van der Waals surface area contributed by atoms with E-state index in [2.05, 4.69) is 4.84 Å². The predicted octanol–water partition coefficient (Wildman–Crippen LogP) is 2.78. The van der Waals surface area contributed by atoms with Crippen molar-refractivity contribution < 1.29 is 24.3 Å². The van der Waals surface area contributed by atoms with Crippen molar-refractivity contribution in [3.63, 3.8) is 0 Å². The topological polar surface area (TPSA) is 99.0 Å². The Bertz CT molecular complexity index is 822. The Morgan fingerprint density at radius 3 is 2.44 bits per heavy atom. The van der Waals surface area contributed by atoms with E-state index in [-0.39, 0.29) is 24.5 Å². The van der Waals surface area contributed by atoms with Crippen molar-refractivity contribution in [2.75, 3.05) is 18.6 Å². The van der Waals surface area contributed by atoms with Crippen molar-refractivity contribution in [1.82, 2.24) is 0 Å². The first-order chi connectivity index (χ1) is 12.9. The summed E-state index contributed by atoms with van der Waals surface area (Å²) in [4.78, 5) is 40.1. The summed E-state index contributed by atoms with van der Waals surface area (Å²) in [6, 6.07) is 14.1. The lowest BCUT2D eigenvalue weighted by Crippen LogP contribution is -2.31. The molecule has 0 heterocycles. The molecule has 0 aliphatic rings. The van der Waals surface area contributed by atoms with E-state index in [1.54, 1.807) is 12.1 Å². The smallest absolute Gasteiger partial charge is 0.336 e. The van der Waals surface area contributed by atoms with E-state index in [9.17, 15) is 19.7 Å². The number of rotatable bonds is 8. The number of amides is 1. The first kappa shape index (κ1) is 20.1. The number of carbonyl (C=O) groups is 2. The quantitative estimate of drug-likeness (QED) is 0.522. The summed E-state index contributed by atoms with van der Waals surface area (Å²) < 4.78 is 5.43. The Morgan fingerprint density at radius 1 is 1.11 bits per heavy atom. The average Bonchev–Trinajstić information content (AvgIpc) is 2.67. The Labute approximate surface area is 156 Å². The molecule has 0 saturated carbocycles. The first-order valence-corrected chi connectivity index (χ1v) is 8.30. The molecular weight excluding hydrogens is 352 g/mol. The van der Waals surface area contributed by atoms with Gasteiger partial charge in [0, 0.05) is 7.05 Å². The molecule has 8 nitrogen and oxygen atoms in total. The number of hydrogen-bond donors (Lipinski definition) is 0. The zero-order valence-electron chi connectivity index (χ0n) is 15.1. The van der Waals surface area contributed by atoms with Crippen LogP contribution in [0.15, 0.2) is 48.5 Å². The second-order valence-electron chi connectivity index (χ2n) is 5.74. The SMILES string of the molecule is CCc1ccc(C(=O)O[N+](=O)[O-])c(N(C)C(=O)COCc2ccccc2)c1. The van der Waals surface area contributed by atoms with Gasteiger partial charge >= 0.3 is 11.1 Å². The van der Waals surface area contributed by atoms with Gasteiger partial charge in [0.05, 0.1) is 17.9 Å². The minimum atomic E-state index is -1.18. The second kappa shape index (κ2) is 9.44. The van der Waals surface area contributed by atoms with Gasteiger partial charge in [0.1, 0.15) is 6.61 Å². The zero-order chi connectivity index (χ0) is 19.8. The lowest BCUT2D eigenvalue weighted by molar-refractivity contribution is -0.727. The highest BCUT2D eigenvalue weighted by Crippen LogP contribution is 2.23. The molecule has 0 saturated heterocycles. The Kier molecular flexibility index (Phi) is 7.01. The van der Waals surface area contributed by atoms with Gasteiger partial charge in [0.15, 0.2) is 0 Å². The number of anilines is 1. The van der Waals surface area contributed by atoms with Gasteiger partial charge in [0.2, 0.25) is 0 Å². The Morgan fingerprint density at radius 2 is 1.81 bits per heavy atom. The standard InChI is InChI=1S/C19H20N2O6/c1-3-14-9-10-16(19(23)27-21(24)25)17(11-14)20(2)18(22)13-26-12-15-7-5-4-6-8-15/h4-11H,3,12-13H2,1-2H3. The number of nitrogens with zero attached hydrogens (tertiary/aromatic N) is 2. The highest BCUT2D eigenvalue weighted by Gasteiger charge is 2.21. The number of ether oxygens (including phenoxy) is 1. The summed E-state index contributed by atoms with van der Waals surface area (Å²) in [7, 11) is 1.48. The third-order valence-corrected chi connectivity index (χ3v) is 3.92. The van der Waals surface area contributed by atoms with E-state index >= 15 is 0 Å². The van der Waals surface area contributed by atoms with Crippen molar-refractivity contribution >= 4 is 17.6 Å². The van der Waals surface area contributed by atoms with Crippen LogP contribution in [0.1, 0.15) is 28.4 Å². The Hall–Kier alpha value is -3.26. The molecule has 0 radical (unpaired) electrons. The van der Waals surface area contributed by atoms with Crippen LogP contribution in [0.3, 0.4) is 0 Å². The van der Waals surface area contributed by atoms with Crippen LogP contribution < -0.4 is 4.90 Å². The van der Waals surface area contributed by atoms with Gasteiger partial charge in [-0.3, -0.25) is 9.59 Å². The van der Waals surface area contributed by atoms with Crippen molar-refractivity contribution in [3.05, 3.63) is 75.3 Å². The molecule has 2 aromatic rings. The van der Waals surface area contributed by atoms with Gasteiger partial charge in [-0.2, -0.15) is 0 Å². The maximum Gasteiger partial charge on any atom is 0.336 e. The lowest BCUT2D eigenvalue weighted by Gasteiger charge is -2.21. The molecule has 1 amide bonds. The maximum absolute atomic E-state index is 12.4. The average molecular weight is 372 g/mol. The molecule has 27 heavy (non-hydrogen) atoms. The zero-order valence-corrected chi connectivity index (χ0v) is 15.1. The van der Waals surface area contributed by atoms with Crippen LogP contribution in [-0.2, 0) is 27.4 Å². The van der Waals surface area contributed by atoms with Crippen LogP contribution >= 0.6 is 0 Å². The van der Waals surface area contributed by atoms with Crippen LogP contribution in [0, 0.1) is 10.1 Å². The molecule has 0 aliphatic carbocycles. The van der Waals surface area contributed by atoms with E-state index < -0.39 is 17.0 Å². The minimum absolute atomic E-state index is 0.0668. The number of likely N-dealkylation sites (N-methyl/N-ethyl adjacent to an activating group) is 1. The predicted molar refractivity (Wildman–Crippen MR) is 97.7 cm³/mol. The van der Waals surface area contributed by atoms with E-state index in [0.717, 1.165) is 11.1 Å². The number of hydrogen-bond acceptors (Lipinski definition) is 6. The minimum Gasteiger partial charge on any atom is -0.367 e. The van der Waals surface area contributed by atoms with Crippen molar-refractivity contribution in [3.8, 4) is 0 Å². The van der Waals surface area contributed by atoms with E-state index in [0.29, 0.717) is 6.42 Å². The van der Waals surface area contributed by atoms with Crippen molar-refractivity contribution in [1.29, 1.82) is 0 Å². The van der Waals surface area contributed by atoms with E-state index in [4.69, 9.17) is 4.74 Å². The fraction of sp³-hybridized carbons (Fsp3) is 0.263. The van der Waals surface area contributed by atoms with Gasteiger partial charge < -0.3 is 9.64 Å². The van der Waals surface area contributed by atoms with Gasteiger partial charge in [-0.1, -0.05) is 43.3 Å². The maximum atomic E-state index is 12.4. The molecule has 142 valence electrons. The number of benzene rings is 2. The molecule has 2 rings (SSSR count). The molecular formula is C19H20N2O6. The van der Waals surface area contributed by atoms with Gasteiger partial charge in [-0.25, -0.2) is 4.84 Å². The van der Waals surface area contributed by atoms with Crippen LogP contribution in [0.2, 0.25) is 0 Å². The summed E-state index contributed by atoms with van der Waals surface area (Å²) >= 11 is 0. The van der Waals surface area contributed by atoms with Gasteiger partial charge in [0.25, 0.3) is 5.91 Å². The fourth-order valence-electron chi connectivity index (χ4n) is 2.43. The van der Waals surface area contributed by atoms with Crippen molar-refractivity contribution in [2.45, 2.75) is 20.0 Å². The van der Waals surface area contributed by atoms with Gasteiger partial charge in [-0.15, -0.1) is 10.1 Å². The number of aryl methyl sites for hydroxylation is 1. The van der Waals surface area contributed by atoms with Crippen LogP contribution in [0.25, 0.3) is 0 Å².